The molecule has 0 fully saturated rings. The maximum Gasteiger partial charge on any atom is 0.339 e. The molecule has 0 spiro atoms. The SMILES string of the molecule is O=C(c1ccc2ccccc2c1)N(Cc1ccc(OS(=O)(=O)c2ccc(F)cc2)cc1)Cc1ccco1. The van der Waals surface area contributed by atoms with E-state index in [9.17, 15) is 17.6 Å². The van der Waals surface area contributed by atoms with Gasteiger partial charge in [-0.3, -0.25) is 4.79 Å². The molecule has 0 aliphatic heterocycles. The second kappa shape index (κ2) is 10.3. The van der Waals surface area contributed by atoms with Gasteiger partial charge in [0, 0.05) is 12.1 Å². The van der Waals surface area contributed by atoms with Crippen LogP contribution in [-0.2, 0) is 23.2 Å². The van der Waals surface area contributed by atoms with Gasteiger partial charge in [-0.25, -0.2) is 4.39 Å². The van der Waals surface area contributed by atoms with Gasteiger partial charge in [-0.2, -0.15) is 8.42 Å². The summed E-state index contributed by atoms with van der Waals surface area (Å²) in [5.74, 6) is 0.0352. The van der Waals surface area contributed by atoms with E-state index in [4.69, 9.17) is 8.60 Å². The fraction of sp³-hybridized carbons (Fsp3) is 0.0690. The van der Waals surface area contributed by atoms with Gasteiger partial charge in [-0.05, 0) is 77.0 Å². The van der Waals surface area contributed by atoms with E-state index in [1.807, 2.05) is 36.4 Å². The Labute approximate surface area is 213 Å². The first-order valence-electron chi connectivity index (χ1n) is 11.5. The van der Waals surface area contributed by atoms with Gasteiger partial charge in [0.05, 0.1) is 12.8 Å². The molecule has 0 aliphatic carbocycles. The highest BCUT2D eigenvalue weighted by Crippen LogP contribution is 2.23. The van der Waals surface area contributed by atoms with Crippen LogP contribution in [0.3, 0.4) is 0 Å². The van der Waals surface area contributed by atoms with Crippen molar-refractivity contribution < 1.29 is 26.2 Å². The molecule has 8 heteroatoms. The van der Waals surface area contributed by atoms with E-state index in [-0.39, 0.29) is 29.6 Å². The van der Waals surface area contributed by atoms with E-state index < -0.39 is 15.9 Å². The van der Waals surface area contributed by atoms with Gasteiger partial charge in [0.25, 0.3) is 5.91 Å². The maximum absolute atomic E-state index is 13.5. The van der Waals surface area contributed by atoms with Gasteiger partial charge in [0.1, 0.15) is 22.2 Å². The summed E-state index contributed by atoms with van der Waals surface area (Å²) < 4.78 is 48.8. The molecule has 0 radical (unpaired) electrons. The quantitative estimate of drug-likeness (QED) is 0.231. The first kappa shape index (κ1) is 24.3. The summed E-state index contributed by atoms with van der Waals surface area (Å²) in [6.07, 6.45) is 1.56. The Morgan fingerprint density at radius 2 is 1.54 bits per heavy atom. The van der Waals surface area contributed by atoms with Gasteiger partial charge >= 0.3 is 10.1 Å². The molecule has 1 heterocycles. The first-order valence-corrected chi connectivity index (χ1v) is 12.9. The Hall–Kier alpha value is -4.43. The summed E-state index contributed by atoms with van der Waals surface area (Å²) in [5, 5.41) is 2.01. The summed E-state index contributed by atoms with van der Waals surface area (Å²) in [6.45, 7) is 0.521. The predicted molar refractivity (Wildman–Crippen MR) is 137 cm³/mol. The van der Waals surface area contributed by atoms with Crippen LogP contribution in [-0.4, -0.2) is 19.2 Å². The fourth-order valence-electron chi connectivity index (χ4n) is 3.94. The minimum absolute atomic E-state index is 0.103. The molecule has 1 amide bonds. The summed E-state index contributed by atoms with van der Waals surface area (Å²) in [5.41, 5.74) is 1.32. The largest absolute Gasteiger partial charge is 0.467 e. The maximum atomic E-state index is 13.5. The molecule has 5 aromatic rings. The molecule has 4 aromatic carbocycles. The molecule has 0 N–H and O–H groups in total. The van der Waals surface area contributed by atoms with Crippen LogP contribution in [0.2, 0.25) is 0 Å². The summed E-state index contributed by atoms with van der Waals surface area (Å²) in [7, 11) is -4.11. The number of nitrogens with zero attached hydrogens (tertiary/aromatic N) is 1. The number of hydrogen-bond acceptors (Lipinski definition) is 5. The molecule has 37 heavy (non-hydrogen) atoms. The standard InChI is InChI=1S/C29H22FNO5S/c30-25-11-15-28(16-12-25)37(33,34)36-26-13-7-21(8-14-26)19-31(20-27-6-3-17-35-27)29(32)24-10-9-22-4-1-2-5-23(22)18-24/h1-18H,19-20H2. The fourth-order valence-corrected chi connectivity index (χ4v) is 4.87. The van der Waals surface area contributed by atoms with Crippen molar-refractivity contribution in [2.24, 2.45) is 0 Å². The molecule has 6 nitrogen and oxygen atoms in total. The van der Waals surface area contributed by atoms with E-state index in [1.54, 1.807) is 41.5 Å². The third kappa shape index (κ3) is 5.70. The van der Waals surface area contributed by atoms with Crippen molar-refractivity contribution in [3.05, 3.63) is 132 Å². The highest BCUT2D eigenvalue weighted by Gasteiger charge is 2.20. The van der Waals surface area contributed by atoms with Crippen molar-refractivity contribution >= 4 is 26.8 Å². The molecular formula is C29H22FNO5S. The summed E-state index contributed by atoms with van der Waals surface area (Å²) in [4.78, 5) is 15.0. The number of amides is 1. The second-order valence-electron chi connectivity index (χ2n) is 8.44. The number of benzene rings is 4. The van der Waals surface area contributed by atoms with Crippen molar-refractivity contribution in [2.45, 2.75) is 18.0 Å². The normalized spacial score (nSPS) is 11.4. The van der Waals surface area contributed by atoms with Crippen LogP contribution in [0.4, 0.5) is 4.39 Å². The molecule has 186 valence electrons. The Kier molecular flexibility index (Phi) is 6.74. The topological polar surface area (TPSA) is 76.8 Å². The van der Waals surface area contributed by atoms with Crippen molar-refractivity contribution in [3.63, 3.8) is 0 Å². The zero-order valence-electron chi connectivity index (χ0n) is 19.6. The zero-order valence-corrected chi connectivity index (χ0v) is 20.4. The van der Waals surface area contributed by atoms with Crippen molar-refractivity contribution in [3.8, 4) is 5.75 Å². The number of carbonyl (C=O) groups is 1. The Morgan fingerprint density at radius 1 is 0.811 bits per heavy atom. The molecule has 0 aliphatic rings. The smallest absolute Gasteiger partial charge is 0.339 e. The Morgan fingerprint density at radius 3 is 2.24 bits per heavy atom. The van der Waals surface area contributed by atoms with Gasteiger partial charge < -0.3 is 13.5 Å². The van der Waals surface area contributed by atoms with Crippen LogP contribution in [0.15, 0.2) is 119 Å². The van der Waals surface area contributed by atoms with Crippen molar-refractivity contribution in [2.75, 3.05) is 0 Å². The molecule has 0 bridgehead atoms. The summed E-state index contributed by atoms with van der Waals surface area (Å²) in [6, 6.07) is 27.8. The molecule has 0 saturated carbocycles. The van der Waals surface area contributed by atoms with Gasteiger partial charge in [-0.1, -0.05) is 42.5 Å². The molecule has 0 atom stereocenters. The second-order valence-corrected chi connectivity index (χ2v) is 9.98. The van der Waals surface area contributed by atoms with Crippen LogP contribution < -0.4 is 4.18 Å². The van der Waals surface area contributed by atoms with Crippen molar-refractivity contribution in [1.29, 1.82) is 0 Å². The van der Waals surface area contributed by atoms with Crippen LogP contribution in [0.5, 0.6) is 5.75 Å². The zero-order chi connectivity index (χ0) is 25.8. The first-order chi connectivity index (χ1) is 17.9. The number of carbonyl (C=O) groups excluding carboxylic acids is 1. The molecule has 1 aromatic heterocycles. The molecular weight excluding hydrogens is 493 g/mol. The highest BCUT2D eigenvalue weighted by molar-refractivity contribution is 7.87. The molecule has 0 saturated heterocycles. The minimum Gasteiger partial charge on any atom is -0.467 e. The van der Waals surface area contributed by atoms with Crippen LogP contribution in [0.1, 0.15) is 21.7 Å². The molecule has 0 unspecified atom stereocenters. The number of fused-ring (bicyclic) bond motifs is 1. The highest BCUT2D eigenvalue weighted by atomic mass is 32.2. The Bertz CT molecular complexity index is 1630. The lowest BCUT2D eigenvalue weighted by Gasteiger charge is -2.22. The number of furan rings is 1. The number of rotatable bonds is 8. The van der Waals surface area contributed by atoms with Crippen LogP contribution >= 0.6 is 0 Å². The third-order valence-corrected chi connectivity index (χ3v) is 7.08. The van der Waals surface area contributed by atoms with E-state index in [1.165, 1.54) is 12.1 Å². The third-order valence-electron chi connectivity index (χ3n) is 5.82. The van der Waals surface area contributed by atoms with Gasteiger partial charge in [0.15, 0.2) is 0 Å². The minimum atomic E-state index is -4.11. The van der Waals surface area contributed by atoms with Crippen LogP contribution in [0.25, 0.3) is 10.8 Å². The lowest BCUT2D eigenvalue weighted by atomic mass is 10.1. The van der Waals surface area contributed by atoms with Crippen LogP contribution in [0, 0.1) is 5.82 Å². The van der Waals surface area contributed by atoms with E-state index in [2.05, 4.69) is 0 Å². The number of hydrogen-bond donors (Lipinski definition) is 0. The van der Waals surface area contributed by atoms with E-state index >= 15 is 0 Å². The average molecular weight is 516 g/mol. The average Bonchev–Trinajstić information content (AvgIpc) is 3.42. The van der Waals surface area contributed by atoms with Gasteiger partial charge in [0.2, 0.25) is 0 Å². The summed E-state index contributed by atoms with van der Waals surface area (Å²) >= 11 is 0. The van der Waals surface area contributed by atoms with E-state index in [0.29, 0.717) is 11.3 Å². The van der Waals surface area contributed by atoms with E-state index in [0.717, 1.165) is 40.6 Å². The Balaban J connectivity index is 1.35. The molecule has 5 rings (SSSR count). The van der Waals surface area contributed by atoms with Crippen molar-refractivity contribution in [1.82, 2.24) is 4.90 Å². The van der Waals surface area contributed by atoms with Gasteiger partial charge in [-0.15, -0.1) is 0 Å². The lowest BCUT2D eigenvalue weighted by molar-refractivity contribution is 0.0718. The monoisotopic (exact) mass is 515 g/mol. The lowest BCUT2D eigenvalue weighted by Crippen LogP contribution is -2.30. The predicted octanol–water partition coefficient (Wildman–Crippen LogP) is 6.18. The number of halogens is 1.